The normalized spacial score (nSPS) is 47.8. The van der Waals surface area contributed by atoms with E-state index in [9.17, 15) is 9.90 Å². The summed E-state index contributed by atoms with van der Waals surface area (Å²) in [5, 5.41) is 10.2. The molecule has 0 spiro atoms. The van der Waals surface area contributed by atoms with E-state index in [-0.39, 0.29) is 17.4 Å². The van der Waals surface area contributed by atoms with Gasteiger partial charge in [0.15, 0.2) is 0 Å². The maximum atomic E-state index is 13.2. The third kappa shape index (κ3) is 2.74. The minimum absolute atomic E-state index is 0.0708. The summed E-state index contributed by atoms with van der Waals surface area (Å²) in [6.45, 7) is 4.97. The molecule has 28 heavy (non-hydrogen) atoms. The van der Waals surface area contributed by atoms with Crippen LogP contribution in [0.3, 0.4) is 0 Å². The molecule has 4 aliphatic carbocycles. The van der Waals surface area contributed by atoms with E-state index in [0.29, 0.717) is 29.5 Å². The number of fused-ring (bicyclic) bond motifs is 5. The van der Waals surface area contributed by atoms with Gasteiger partial charge >= 0.3 is 0 Å². The summed E-state index contributed by atoms with van der Waals surface area (Å²) in [4.78, 5) is 20.6. The fourth-order valence-corrected chi connectivity index (χ4v) is 8.45. The number of nitrogens with zero attached hydrogens (tertiary/aromatic N) is 1. The smallest absolute Gasteiger partial charge is 0.144 e. The molecular formula is C24H36N2O2. The van der Waals surface area contributed by atoms with Crippen LogP contribution in [-0.4, -0.2) is 27.0 Å². The van der Waals surface area contributed by atoms with Crippen LogP contribution < -0.4 is 0 Å². The second-order valence-electron chi connectivity index (χ2n) is 10.9. The lowest BCUT2D eigenvalue weighted by atomic mass is 9.44. The zero-order valence-corrected chi connectivity index (χ0v) is 17.5. The number of hydrogen-bond donors (Lipinski definition) is 2. The van der Waals surface area contributed by atoms with E-state index in [0.717, 1.165) is 36.9 Å². The summed E-state index contributed by atoms with van der Waals surface area (Å²) >= 11 is 0. The van der Waals surface area contributed by atoms with Gasteiger partial charge in [-0.3, -0.25) is 4.79 Å². The van der Waals surface area contributed by atoms with Crippen LogP contribution in [0.15, 0.2) is 12.4 Å². The lowest BCUT2D eigenvalue weighted by molar-refractivity contribution is -0.139. The molecule has 0 aliphatic heterocycles. The summed E-state index contributed by atoms with van der Waals surface area (Å²) in [7, 11) is 0. The standard InChI is InChI=1S/C24H36N2O2/c1-23-9-7-16(27)13-15(23)3-4-17-18-5-6-20(24(18,2)10-8-19(17)23)21(28)14-22-25-11-12-26-22/h11-12,15-20,27H,3-10,13-14H2,1-2H3,(H,25,26)/t15-,16+,17-,18-,19-,20+,23-,24-/m0/s1. The van der Waals surface area contributed by atoms with E-state index in [4.69, 9.17) is 0 Å². The number of hydrogen-bond acceptors (Lipinski definition) is 3. The summed E-state index contributed by atoms with van der Waals surface area (Å²) in [6, 6.07) is 0. The van der Waals surface area contributed by atoms with Gasteiger partial charge in [0.1, 0.15) is 11.6 Å². The number of carbonyl (C=O) groups excluding carboxylic acids is 1. The topological polar surface area (TPSA) is 66.0 Å². The number of imidazole rings is 1. The number of carbonyl (C=O) groups is 1. The summed E-state index contributed by atoms with van der Waals surface area (Å²) < 4.78 is 0. The molecule has 0 unspecified atom stereocenters. The van der Waals surface area contributed by atoms with E-state index < -0.39 is 0 Å². The van der Waals surface area contributed by atoms with Crippen LogP contribution >= 0.6 is 0 Å². The van der Waals surface area contributed by atoms with Crippen molar-refractivity contribution in [1.82, 2.24) is 9.97 Å². The molecule has 1 heterocycles. The molecule has 154 valence electrons. The monoisotopic (exact) mass is 384 g/mol. The molecule has 4 heteroatoms. The van der Waals surface area contributed by atoms with Gasteiger partial charge in [-0.25, -0.2) is 4.98 Å². The summed E-state index contributed by atoms with van der Waals surface area (Å²) in [5.74, 6) is 4.44. The van der Waals surface area contributed by atoms with Gasteiger partial charge in [-0.2, -0.15) is 0 Å². The third-order valence-corrected chi connectivity index (χ3v) is 9.92. The SMILES string of the molecule is C[C@]12CC[C@@H](O)C[C@@H]1CC[C@@H]1[C@@H]2CC[C@]2(C)[C@@H](C(=O)Cc3ncc[nH]3)CC[C@@H]12. The molecular weight excluding hydrogens is 348 g/mol. The average molecular weight is 385 g/mol. The molecule has 0 amide bonds. The Morgan fingerprint density at radius 2 is 1.89 bits per heavy atom. The van der Waals surface area contributed by atoms with Gasteiger partial charge in [0, 0.05) is 18.3 Å². The molecule has 0 aromatic carbocycles. The number of aliphatic hydroxyl groups is 1. The molecule has 4 fully saturated rings. The number of Topliss-reactive ketones (excluding diaryl/α,β-unsaturated/α-hetero) is 1. The highest BCUT2D eigenvalue weighted by Crippen LogP contribution is 2.67. The molecule has 0 saturated heterocycles. The van der Waals surface area contributed by atoms with Crippen LogP contribution in [0.5, 0.6) is 0 Å². The van der Waals surface area contributed by atoms with E-state index in [2.05, 4.69) is 23.8 Å². The minimum Gasteiger partial charge on any atom is -0.393 e. The fraction of sp³-hybridized carbons (Fsp3) is 0.833. The van der Waals surface area contributed by atoms with Gasteiger partial charge in [0.05, 0.1) is 12.5 Å². The molecule has 1 aromatic rings. The van der Waals surface area contributed by atoms with Gasteiger partial charge in [-0.15, -0.1) is 0 Å². The van der Waals surface area contributed by atoms with E-state index in [1.165, 1.54) is 38.5 Å². The molecule has 5 rings (SSSR count). The largest absolute Gasteiger partial charge is 0.393 e. The van der Waals surface area contributed by atoms with Crippen LogP contribution in [0.4, 0.5) is 0 Å². The number of aromatic amines is 1. The van der Waals surface area contributed by atoms with E-state index in [1.807, 2.05) is 6.20 Å². The van der Waals surface area contributed by atoms with Gasteiger partial charge in [0.2, 0.25) is 0 Å². The first-order valence-corrected chi connectivity index (χ1v) is 11.6. The molecule has 8 atom stereocenters. The second kappa shape index (κ2) is 6.68. The van der Waals surface area contributed by atoms with Crippen molar-refractivity contribution in [1.29, 1.82) is 0 Å². The predicted molar refractivity (Wildman–Crippen MR) is 109 cm³/mol. The minimum atomic E-state index is -0.0708. The number of rotatable bonds is 3. The van der Waals surface area contributed by atoms with Crippen molar-refractivity contribution < 1.29 is 9.90 Å². The van der Waals surface area contributed by atoms with Crippen molar-refractivity contribution in [2.75, 3.05) is 0 Å². The maximum absolute atomic E-state index is 13.2. The Labute approximate surface area is 168 Å². The van der Waals surface area contributed by atoms with Crippen molar-refractivity contribution in [2.45, 2.75) is 84.2 Å². The highest BCUT2D eigenvalue weighted by molar-refractivity contribution is 5.83. The fourth-order valence-electron chi connectivity index (χ4n) is 8.45. The van der Waals surface area contributed by atoms with Crippen molar-refractivity contribution in [3.63, 3.8) is 0 Å². The highest BCUT2D eigenvalue weighted by Gasteiger charge is 2.61. The Morgan fingerprint density at radius 1 is 1.11 bits per heavy atom. The first kappa shape index (κ1) is 18.8. The van der Waals surface area contributed by atoms with Gasteiger partial charge in [-0.1, -0.05) is 13.8 Å². The van der Waals surface area contributed by atoms with Crippen LogP contribution in [0.2, 0.25) is 0 Å². The highest BCUT2D eigenvalue weighted by atomic mass is 16.3. The number of aliphatic hydroxyl groups excluding tert-OH is 1. The second-order valence-corrected chi connectivity index (χ2v) is 10.9. The third-order valence-electron chi connectivity index (χ3n) is 9.92. The number of nitrogens with one attached hydrogen (secondary N) is 1. The van der Waals surface area contributed by atoms with Crippen LogP contribution in [-0.2, 0) is 11.2 Å². The van der Waals surface area contributed by atoms with Gasteiger partial charge in [0.25, 0.3) is 0 Å². The van der Waals surface area contributed by atoms with Crippen molar-refractivity contribution >= 4 is 5.78 Å². The number of aromatic nitrogens is 2. The lowest BCUT2D eigenvalue weighted by Crippen LogP contribution is -2.54. The predicted octanol–water partition coefficient (Wildman–Crippen LogP) is 4.54. The van der Waals surface area contributed by atoms with Gasteiger partial charge < -0.3 is 10.1 Å². The molecule has 4 saturated carbocycles. The Balaban J connectivity index is 1.36. The zero-order chi connectivity index (χ0) is 19.5. The molecule has 0 radical (unpaired) electrons. The Hall–Kier alpha value is -1.16. The average Bonchev–Trinajstić information content (AvgIpc) is 3.29. The first-order valence-electron chi connectivity index (χ1n) is 11.6. The zero-order valence-electron chi connectivity index (χ0n) is 17.5. The van der Waals surface area contributed by atoms with Crippen LogP contribution in [0.25, 0.3) is 0 Å². The molecule has 2 N–H and O–H groups in total. The summed E-state index contributed by atoms with van der Waals surface area (Å²) in [5.41, 5.74) is 0.599. The molecule has 1 aromatic heterocycles. The molecule has 4 nitrogen and oxygen atoms in total. The Morgan fingerprint density at radius 3 is 2.68 bits per heavy atom. The van der Waals surface area contributed by atoms with Crippen molar-refractivity contribution in [3.8, 4) is 0 Å². The molecule has 0 bridgehead atoms. The van der Waals surface area contributed by atoms with E-state index >= 15 is 0 Å². The van der Waals surface area contributed by atoms with Gasteiger partial charge in [-0.05, 0) is 92.3 Å². The molecule has 4 aliphatic rings. The summed E-state index contributed by atoms with van der Waals surface area (Å²) in [6.07, 6.45) is 14.6. The lowest BCUT2D eigenvalue weighted by Gasteiger charge is -2.60. The maximum Gasteiger partial charge on any atom is 0.144 e. The van der Waals surface area contributed by atoms with Crippen LogP contribution in [0, 0.1) is 40.4 Å². The Kier molecular flexibility index (Phi) is 4.50. The quantitative estimate of drug-likeness (QED) is 0.804. The first-order chi connectivity index (χ1) is 13.4. The van der Waals surface area contributed by atoms with Crippen molar-refractivity contribution in [3.05, 3.63) is 18.2 Å². The van der Waals surface area contributed by atoms with Crippen molar-refractivity contribution in [2.24, 2.45) is 40.4 Å². The van der Waals surface area contributed by atoms with E-state index in [1.54, 1.807) is 6.20 Å². The number of ketones is 1. The number of H-pyrrole nitrogens is 1. The van der Waals surface area contributed by atoms with Crippen LogP contribution in [0.1, 0.15) is 77.5 Å². The Bertz CT molecular complexity index is 731.